The fraction of sp³-hybridized carbons (Fsp3) is 0.500. The molecule has 25 heavy (non-hydrogen) atoms. The number of aryl methyl sites for hydroxylation is 2. The van der Waals surface area contributed by atoms with Crippen molar-refractivity contribution >= 4 is 5.91 Å². The Morgan fingerprint density at radius 1 is 1.32 bits per heavy atom. The molecule has 1 aliphatic heterocycles. The van der Waals surface area contributed by atoms with E-state index in [0.717, 1.165) is 36.5 Å². The summed E-state index contributed by atoms with van der Waals surface area (Å²) >= 11 is 0. The van der Waals surface area contributed by atoms with Gasteiger partial charge in [0.1, 0.15) is 0 Å². The Hall–Kier alpha value is -2.14. The van der Waals surface area contributed by atoms with E-state index in [9.17, 15) is 4.79 Å². The number of rotatable bonds is 5. The van der Waals surface area contributed by atoms with Crippen LogP contribution >= 0.6 is 0 Å². The summed E-state index contributed by atoms with van der Waals surface area (Å²) in [6, 6.07) is 11.2. The lowest BCUT2D eigenvalue weighted by atomic mass is 10.1. The smallest absolute Gasteiger partial charge is 0.224 e. The molecule has 0 spiro atoms. The minimum absolute atomic E-state index is 0.0958. The van der Waals surface area contributed by atoms with Gasteiger partial charge in [-0.25, -0.2) is 0 Å². The Kier molecular flexibility index (Phi) is 5.23. The molecule has 1 aromatic carbocycles. The van der Waals surface area contributed by atoms with Crippen molar-refractivity contribution in [1.82, 2.24) is 20.0 Å². The summed E-state index contributed by atoms with van der Waals surface area (Å²) in [6.45, 7) is 8.15. The molecule has 1 saturated heterocycles. The topological polar surface area (TPSA) is 50.2 Å². The van der Waals surface area contributed by atoms with Crippen molar-refractivity contribution in [2.45, 2.75) is 45.7 Å². The van der Waals surface area contributed by atoms with E-state index in [0.29, 0.717) is 12.5 Å². The quantitative estimate of drug-likeness (QED) is 0.910. The predicted octanol–water partition coefficient (Wildman–Crippen LogP) is 2.53. The van der Waals surface area contributed by atoms with Crippen molar-refractivity contribution in [1.29, 1.82) is 0 Å². The molecule has 1 aliphatic rings. The van der Waals surface area contributed by atoms with Crippen LogP contribution in [0.25, 0.3) is 0 Å². The molecule has 5 nitrogen and oxygen atoms in total. The standard InChI is InChI=1S/C20H28N4O/c1-14-19(16(3)23(4)22-14)12-20(25)21-18-10-11-24(13-18)15(2)17-8-6-5-7-9-17/h5-9,15,18H,10-13H2,1-4H3,(H,21,25)/t15-,18-/m1/s1. The van der Waals surface area contributed by atoms with E-state index in [1.807, 2.05) is 31.6 Å². The summed E-state index contributed by atoms with van der Waals surface area (Å²) in [4.78, 5) is 14.9. The number of hydrogen-bond donors (Lipinski definition) is 1. The first-order valence-corrected chi connectivity index (χ1v) is 9.03. The molecule has 0 radical (unpaired) electrons. The summed E-state index contributed by atoms with van der Waals surface area (Å²) in [7, 11) is 1.92. The molecule has 0 unspecified atom stereocenters. The number of nitrogens with zero attached hydrogens (tertiary/aromatic N) is 3. The maximum atomic E-state index is 12.5. The molecule has 134 valence electrons. The molecular formula is C20H28N4O. The summed E-state index contributed by atoms with van der Waals surface area (Å²) in [5, 5.41) is 7.60. The van der Waals surface area contributed by atoms with Gasteiger partial charge in [-0.2, -0.15) is 5.10 Å². The molecule has 0 bridgehead atoms. The first-order valence-electron chi connectivity index (χ1n) is 9.03. The normalized spacial score (nSPS) is 19.1. The van der Waals surface area contributed by atoms with Gasteiger partial charge in [-0.1, -0.05) is 30.3 Å². The van der Waals surface area contributed by atoms with Gasteiger partial charge in [0.2, 0.25) is 5.91 Å². The van der Waals surface area contributed by atoms with Crippen LogP contribution in [-0.2, 0) is 18.3 Å². The highest BCUT2D eigenvalue weighted by atomic mass is 16.1. The van der Waals surface area contributed by atoms with Crippen LogP contribution in [0.3, 0.4) is 0 Å². The van der Waals surface area contributed by atoms with Gasteiger partial charge in [0.25, 0.3) is 0 Å². The maximum Gasteiger partial charge on any atom is 0.224 e. The molecule has 1 N–H and O–H groups in total. The molecule has 1 aromatic heterocycles. The highest BCUT2D eigenvalue weighted by Gasteiger charge is 2.28. The average Bonchev–Trinajstić information content (AvgIpc) is 3.15. The summed E-state index contributed by atoms with van der Waals surface area (Å²) in [5.74, 6) is 0.0958. The Morgan fingerprint density at radius 3 is 2.68 bits per heavy atom. The Labute approximate surface area is 150 Å². The van der Waals surface area contributed by atoms with Gasteiger partial charge in [0.05, 0.1) is 12.1 Å². The van der Waals surface area contributed by atoms with Gasteiger partial charge >= 0.3 is 0 Å². The zero-order valence-corrected chi connectivity index (χ0v) is 15.6. The van der Waals surface area contributed by atoms with E-state index in [1.165, 1.54) is 5.56 Å². The number of aromatic nitrogens is 2. The third-order valence-electron chi connectivity index (χ3n) is 5.41. The highest BCUT2D eigenvalue weighted by molar-refractivity contribution is 5.79. The zero-order chi connectivity index (χ0) is 18.0. The van der Waals surface area contributed by atoms with Gasteiger partial charge in [-0.05, 0) is 32.8 Å². The molecule has 1 amide bonds. The lowest BCUT2D eigenvalue weighted by Crippen LogP contribution is -2.38. The SMILES string of the molecule is Cc1nn(C)c(C)c1CC(=O)N[C@@H]1CCN([C@H](C)c2ccccc2)C1. The van der Waals surface area contributed by atoms with Crippen molar-refractivity contribution in [2.75, 3.05) is 13.1 Å². The summed E-state index contributed by atoms with van der Waals surface area (Å²) in [5.41, 5.74) is 4.39. The van der Waals surface area contributed by atoms with Crippen LogP contribution in [0.15, 0.2) is 30.3 Å². The molecule has 0 aliphatic carbocycles. The van der Waals surface area contributed by atoms with E-state index >= 15 is 0 Å². The van der Waals surface area contributed by atoms with E-state index in [4.69, 9.17) is 0 Å². The minimum Gasteiger partial charge on any atom is -0.352 e. The number of nitrogens with one attached hydrogen (secondary N) is 1. The highest BCUT2D eigenvalue weighted by Crippen LogP contribution is 2.24. The van der Waals surface area contributed by atoms with E-state index in [2.05, 4.69) is 46.5 Å². The number of benzene rings is 1. The van der Waals surface area contributed by atoms with E-state index in [1.54, 1.807) is 0 Å². The van der Waals surface area contributed by atoms with Crippen molar-refractivity contribution in [2.24, 2.45) is 7.05 Å². The molecule has 0 saturated carbocycles. The van der Waals surface area contributed by atoms with Crippen molar-refractivity contribution in [3.63, 3.8) is 0 Å². The fourth-order valence-corrected chi connectivity index (χ4v) is 3.71. The molecule has 1 fully saturated rings. The lowest BCUT2D eigenvalue weighted by molar-refractivity contribution is -0.121. The van der Waals surface area contributed by atoms with Gasteiger partial charge < -0.3 is 5.32 Å². The first kappa shape index (κ1) is 17.7. The third kappa shape index (κ3) is 3.93. The fourth-order valence-electron chi connectivity index (χ4n) is 3.71. The van der Waals surface area contributed by atoms with Crippen LogP contribution in [-0.4, -0.2) is 39.7 Å². The molecular weight excluding hydrogens is 312 g/mol. The van der Waals surface area contributed by atoms with E-state index < -0.39 is 0 Å². The number of carbonyl (C=O) groups is 1. The third-order valence-corrected chi connectivity index (χ3v) is 5.41. The van der Waals surface area contributed by atoms with Crippen LogP contribution in [0.2, 0.25) is 0 Å². The molecule has 5 heteroatoms. The van der Waals surface area contributed by atoms with Gasteiger partial charge in [0.15, 0.2) is 0 Å². The summed E-state index contributed by atoms with van der Waals surface area (Å²) < 4.78 is 1.84. The average molecular weight is 340 g/mol. The van der Waals surface area contributed by atoms with Gasteiger partial charge in [-0.3, -0.25) is 14.4 Å². The van der Waals surface area contributed by atoms with E-state index in [-0.39, 0.29) is 11.9 Å². The van der Waals surface area contributed by atoms with Crippen LogP contribution in [0.4, 0.5) is 0 Å². The largest absolute Gasteiger partial charge is 0.352 e. The van der Waals surface area contributed by atoms with Crippen molar-refractivity contribution in [3.8, 4) is 0 Å². The van der Waals surface area contributed by atoms with Crippen LogP contribution < -0.4 is 5.32 Å². The van der Waals surface area contributed by atoms with Crippen LogP contribution in [0.5, 0.6) is 0 Å². The molecule has 3 rings (SSSR count). The second-order valence-corrected chi connectivity index (χ2v) is 7.08. The summed E-state index contributed by atoms with van der Waals surface area (Å²) in [6.07, 6.45) is 1.42. The molecule has 2 atom stereocenters. The number of hydrogen-bond acceptors (Lipinski definition) is 3. The second-order valence-electron chi connectivity index (χ2n) is 7.08. The predicted molar refractivity (Wildman–Crippen MR) is 99.4 cm³/mol. The monoisotopic (exact) mass is 340 g/mol. The van der Waals surface area contributed by atoms with Gasteiger partial charge in [0, 0.05) is 43.5 Å². The number of carbonyl (C=O) groups excluding carboxylic acids is 1. The van der Waals surface area contributed by atoms with Crippen molar-refractivity contribution < 1.29 is 4.79 Å². The Balaban J connectivity index is 1.55. The van der Waals surface area contributed by atoms with Gasteiger partial charge in [-0.15, -0.1) is 0 Å². The maximum absolute atomic E-state index is 12.5. The number of amides is 1. The van der Waals surface area contributed by atoms with Crippen molar-refractivity contribution in [3.05, 3.63) is 52.8 Å². The van der Waals surface area contributed by atoms with Crippen LogP contribution in [0, 0.1) is 13.8 Å². The molecule has 2 aromatic rings. The molecule has 2 heterocycles. The van der Waals surface area contributed by atoms with Crippen LogP contribution in [0.1, 0.15) is 41.9 Å². The Morgan fingerprint density at radius 2 is 2.04 bits per heavy atom. The Bertz CT molecular complexity index is 738. The number of likely N-dealkylation sites (tertiary alicyclic amines) is 1. The first-order chi connectivity index (χ1) is 12.0. The minimum atomic E-state index is 0.0958. The lowest BCUT2D eigenvalue weighted by Gasteiger charge is -2.24. The zero-order valence-electron chi connectivity index (χ0n) is 15.6. The second kappa shape index (κ2) is 7.40.